The van der Waals surface area contributed by atoms with E-state index in [1.54, 1.807) is 0 Å². The van der Waals surface area contributed by atoms with Gasteiger partial charge in [-0.05, 0) is 47.5 Å². The quantitative estimate of drug-likeness (QED) is 0.348. The van der Waals surface area contributed by atoms with Crippen LogP contribution in [0.15, 0.2) is 53.3 Å². The molecule has 0 aliphatic carbocycles. The Bertz CT molecular complexity index is 1240. The highest BCUT2D eigenvalue weighted by molar-refractivity contribution is 6.42. The second-order valence-corrected chi connectivity index (χ2v) is 7.09. The number of benzene rings is 3. The van der Waals surface area contributed by atoms with Gasteiger partial charge in [-0.3, -0.25) is 4.79 Å². The van der Waals surface area contributed by atoms with Crippen LogP contribution < -0.4 is 10.7 Å². The third kappa shape index (κ3) is 2.24. The van der Waals surface area contributed by atoms with E-state index in [1.807, 2.05) is 48.5 Å². The summed E-state index contributed by atoms with van der Waals surface area (Å²) in [6.07, 6.45) is 0.735. The molecule has 1 aliphatic rings. The summed E-state index contributed by atoms with van der Waals surface area (Å²) in [6, 6.07) is 15.2. The van der Waals surface area contributed by atoms with Crippen molar-refractivity contribution < 1.29 is 0 Å². The maximum atomic E-state index is 12.8. The molecule has 25 heavy (non-hydrogen) atoms. The molecule has 0 unspecified atom stereocenters. The van der Waals surface area contributed by atoms with Crippen LogP contribution in [0.4, 0.5) is 11.4 Å². The van der Waals surface area contributed by atoms with E-state index in [0.29, 0.717) is 20.8 Å². The minimum absolute atomic E-state index is 0.0360. The van der Waals surface area contributed by atoms with Crippen molar-refractivity contribution in [2.75, 3.05) is 5.32 Å². The highest BCUT2D eigenvalue weighted by atomic mass is 35.5. The summed E-state index contributed by atoms with van der Waals surface area (Å²) in [5, 5.41) is 5.81. The van der Waals surface area contributed by atoms with Gasteiger partial charge >= 0.3 is 0 Å². The second kappa shape index (κ2) is 5.25. The van der Waals surface area contributed by atoms with Crippen molar-refractivity contribution >= 4 is 56.4 Å². The highest BCUT2D eigenvalue weighted by Crippen LogP contribution is 2.38. The number of halogens is 2. The molecule has 0 atom stereocenters. The number of fused-ring (bicyclic) bond motifs is 4. The van der Waals surface area contributed by atoms with Gasteiger partial charge in [0.25, 0.3) is 0 Å². The Balaban J connectivity index is 1.76. The van der Waals surface area contributed by atoms with Gasteiger partial charge in [0.2, 0.25) is 0 Å². The number of H-pyrrole nitrogens is 1. The third-order valence-electron chi connectivity index (χ3n) is 4.73. The van der Waals surface area contributed by atoms with Crippen molar-refractivity contribution in [1.82, 2.24) is 4.98 Å². The molecule has 0 saturated carbocycles. The molecule has 4 aromatic rings. The van der Waals surface area contributed by atoms with Crippen LogP contribution in [0.25, 0.3) is 21.8 Å². The van der Waals surface area contributed by atoms with Gasteiger partial charge < -0.3 is 10.3 Å². The van der Waals surface area contributed by atoms with Crippen molar-refractivity contribution in [2.24, 2.45) is 0 Å². The number of nitrogens with one attached hydrogen (secondary N) is 2. The lowest BCUT2D eigenvalue weighted by Gasteiger charge is -2.22. The van der Waals surface area contributed by atoms with Crippen LogP contribution in [0.5, 0.6) is 0 Å². The van der Waals surface area contributed by atoms with Crippen LogP contribution in [-0.2, 0) is 6.42 Å². The third-order valence-corrected chi connectivity index (χ3v) is 5.45. The number of aromatic nitrogens is 1. The first kappa shape index (κ1) is 14.8. The first-order chi connectivity index (χ1) is 12.1. The topological polar surface area (TPSA) is 44.9 Å². The van der Waals surface area contributed by atoms with E-state index < -0.39 is 0 Å². The van der Waals surface area contributed by atoms with Crippen LogP contribution in [0, 0.1) is 0 Å². The molecule has 1 aromatic heterocycles. The lowest BCUT2D eigenvalue weighted by molar-refractivity contribution is 1.16. The molecule has 0 bridgehead atoms. The summed E-state index contributed by atoms with van der Waals surface area (Å²) < 4.78 is 0. The van der Waals surface area contributed by atoms with E-state index in [4.69, 9.17) is 23.2 Å². The van der Waals surface area contributed by atoms with Crippen LogP contribution in [-0.4, -0.2) is 4.98 Å². The minimum atomic E-state index is 0.0360. The van der Waals surface area contributed by atoms with Gasteiger partial charge in [-0.15, -0.1) is 0 Å². The molecular weight excluding hydrogens is 355 g/mol. The zero-order chi connectivity index (χ0) is 17.1. The Kier molecular flexibility index (Phi) is 3.11. The van der Waals surface area contributed by atoms with Gasteiger partial charge in [0, 0.05) is 34.1 Å². The first-order valence-electron chi connectivity index (χ1n) is 7.93. The minimum Gasteiger partial charge on any atom is -0.355 e. The molecule has 2 heterocycles. The van der Waals surface area contributed by atoms with Crippen molar-refractivity contribution in [1.29, 1.82) is 0 Å². The average Bonchev–Trinajstić information content (AvgIpc) is 2.60. The molecule has 0 radical (unpaired) electrons. The molecule has 0 fully saturated rings. The number of para-hydroxylation sites is 1. The van der Waals surface area contributed by atoms with Crippen molar-refractivity contribution in [2.45, 2.75) is 6.42 Å². The number of aromatic amines is 1. The normalized spacial score (nSPS) is 12.7. The van der Waals surface area contributed by atoms with Crippen molar-refractivity contribution in [3.8, 4) is 0 Å². The van der Waals surface area contributed by atoms with E-state index >= 15 is 0 Å². The summed E-state index contributed by atoms with van der Waals surface area (Å²) in [4.78, 5) is 16.2. The Morgan fingerprint density at radius 1 is 0.800 bits per heavy atom. The van der Waals surface area contributed by atoms with Gasteiger partial charge in [-0.1, -0.05) is 35.3 Å². The van der Waals surface area contributed by atoms with E-state index in [9.17, 15) is 4.79 Å². The summed E-state index contributed by atoms with van der Waals surface area (Å²) in [5.41, 5.74) is 5.78. The fourth-order valence-corrected chi connectivity index (χ4v) is 3.83. The summed E-state index contributed by atoms with van der Waals surface area (Å²) in [6.45, 7) is 0. The lowest BCUT2D eigenvalue weighted by Crippen LogP contribution is -2.10. The largest absolute Gasteiger partial charge is 0.355 e. The molecule has 3 aromatic carbocycles. The van der Waals surface area contributed by atoms with Gasteiger partial charge in [0.15, 0.2) is 5.43 Å². The zero-order valence-electron chi connectivity index (χ0n) is 13.0. The van der Waals surface area contributed by atoms with Gasteiger partial charge in [-0.2, -0.15) is 0 Å². The van der Waals surface area contributed by atoms with Crippen molar-refractivity contribution in [3.63, 3.8) is 0 Å². The fourth-order valence-electron chi connectivity index (χ4n) is 3.48. The molecule has 5 rings (SSSR count). The number of rotatable bonds is 0. The SMILES string of the molecule is O=c1c2ccccc2[nH]c2cc3c(cc12)Nc1cc(Cl)c(Cl)cc1C3. The molecule has 0 amide bonds. The maximum Gasteiger partial charge on any atom is 0.197 e. The fraction of sp³-hybridized carbons (Fsp3) is 0.0500. The zero-order valence-corrected chi connectivity index (χ0v) is 14.5. The maximum absolute atomic E-state index is 12.8. The molecule has 0 saturated heterocycles. The average molecular weight is 367 g/mol. The number of hydrogen-bond donors (Lipinski definition) is 2. The van der Waals surface area contributed by atoms with Crippen molar-refractivity contribution in [3.05, 3.63) is 79.9 Å². The standard InChI is InChI=1S/C20H12Cl2N2O/c21-14-6-10-5-11-7-19-13(8-17(11)24-18(10)9-15(14)22)20(25)12-3-1-2-4-16(12)23-19/h1-4,6-9,24H,5H2,(H,23,25). The van der Waals surface area contributed by atoms with E-state index in [2.05, 4.69) is 10.3 Å². The predicted octanol–water partition coefficient (Wildman–Crippen LogP) is 5.64. The lowest BCUT2D eigenvalue weighted by atomic mass is 9.95. The van der Waals surface area contributed by atoms with Crippen LogP contribution in [0.2, 0.25) is 10.0 Å². The summed E-state index contributed by atoms with van der Waals surface area (Å²) in [7, 11) is 0. The molecule has 0 spiro atoms. The van der Waals surface area contributed by atoms with E-state index in [1.165, 1.54) is 0 Å². The first-order valence-corrected chi connectivity index (χ1v) is 8.68. The summed E-state index contributed by atoms with van der Waals surface area (Å²) in [5.74, 6) is 0. The molecular formula is C20H12Cl2N2O. The Hall–Kier alpha value is -2.49. The molecule has 1 aliphatic heterocycles. The van der Waals surface area contributed by atoms with Crippen LogP contribution >= 0.6 is 23.2 Å². The van der Waals surface area contributed by atoms with Gasteiger partial charge in [0.05, 0.1) is 15.6 Å². The Morgan fingerprint density at radius 2 is 1.52 bits per heavy atom. The second-order valence-electron chi connectivity index (χ2n) is 6.28. The van der Waals surface area contributed by atoms with E-state index in [0.717, 1.165) is 40.0 Å². The van der Waals surface area contributed by atoms with Crippen LogP contribution in [0.1, 0.15) is 11.1 Å². The predicted molar refractivity (Wildman–Crippen MR) is 105 cm³/mol. The summed E-state index contributed by atoms with van der Waals surface area (Å²) >= 11 is 12.3. The molecule has 5 heteroatoms. The Morgan fingerprint density at radius 3 is 2.40 bits per heavy atom. The molecule has 122 valence electrons. The van der Waals surface area contributed by atoms with E-state index in [-0.39, 0.29) is 5.43 Å². The molecule has 2 N–H and O–H groups in total. The van der Waals surface area contributed by atoms with Gasteiger partial charge in [0.1, 0.15) is 0 Å². The molecule has 3 nitrogen and oxygen atoms in total. The van der Waals surface area contributed by atoms with Crippen LogP contribution in [0.3, 0.4) is 0 Å². The number of hydrogen-bond acceptors (Lipinski definition) is 2. The number of pyridine rings is 1. The smallest absolute Gasteiger partial charge is 0.197 e. The monoisotopic (exact) mass is 366 g/mol. The van der Waals surface area contributed by atoms with Gasteiger partial charge in [-0.25, -0.2) is 0 Å². The number of anilines is 2. The Labute approximate surface area is 153 Å². The highest BCUT2D eigenvalue weighted by Gasteiger charge is 2.18.